The van der Waals surface area contributed by atoms with Crippen LogP contribution in [0.15, 0.2) is 18.2 Å². The Balaban J connectivity index is 1.69. The zero-order valence-electron chi connectivity index (χ0n) is 14.8. The van der Waals surface area contributed by atoms with Gasteiger partial charge in [-0.15, -0.1) is 0 Å². The quantitative estimate of drug-likeness (QED) is 0.796. The predicted molar refractivity (Wildman–Crippen MR) is 94.6 cm³/mol. The Morgan fingerprint density at radius 3 is 2.31 bits per heavy atom. The van der Waals surface area contributed by atoms with Crippen molar-refractivity contribution in [3.8, 4) is 0 Å². The smallest absolute Gasteiger partial charge is 0.321 e. The third-order valence-corrected chi connectivity index (χ3v) is 4.87. The molecule has 1 aromatic carbocycles. The Bertz CT molecular complexity index is 781. The number of piperidine rings is 1. The highest BCUT2D eigenvalue weighted by molar-refractivity contribution is 6.22. The molecule has 0 atom stereocenters. The van der Waals surface area contributed by atoms with E-state index in [1.165, 1.54) is 11.0 Å². The number of likely N-dealkylation sites (tertiary alicyclic amines) is 1. The number of nitrogens with one attached hydrogen (secondary N) is 1. The normalized spacial score (nSPS) is 17.7. The number of anilines is 1. The van der Waals surface area contributed by atoms with Gasteiger partial charge in [0, 0.05) is 30.7 Å². The SMILES string of the molecule is CC(C)N1C(=O)c2ccc(NC(=O)N3CCC(C(N)=O)CC3)cc2C1=O. The summed E-state index contributed by atoms with van der Waals surface area (Å²) < 4.78 is 0. The first kappa shape index (κ1) is 17.9. The lowest BCUT2D eigenvalue weighted by Crippen LogP contribution is -2.43. The lowest BCUT2D eigenvalue weighted by molar-refractivity contribution is -0.122. The third kappa shape index (κ3) is 3.14. The monoisotopic (exact) mass is 358 g/mol. The van der Waals surface area contributed by atoms with Gasteiger partial charge in [-0.05, 0) is 44.9 Å². The molecule has 0 unspecified atom stereocenters. The number of primary amides is 1. The van der Waals surface area contributed by atoms with Crippen molar-refractivity contribution in [1.82, 2.24) is 9.80 Å². The van der Waals surface area contributed by atoms with Crippen molar-refractivity contribution in [2.75, 3.05) is 18.4 Å². The molecule has 3 rings (SSSR count). The lowest BCUT2D eigenvalue weighted by Gasteiger charge is -2.30. The number of hydrogen-bond donors (Lipinski definition) is 2. The molecule has 138 valence electrons. The van der Waals surface area contributed by atoms with Gasteiger partial charge in [0.15, 0.2) is 0 Å². The van der Waals surface area contributed by atoms with Crippen LogP contribution in [-0.2, 0) is 4.79 Å². The van der Waals surface area contributed by atoms with Crippen LogP contribution in [0.4, 0.5) is 10.5 Å². The molecule has 0 aromatic heterocycles. The maximum atomic E-state index is 12.4. The first-order valence-electron chi connectivity index (χ1n) is 8.66. The number of carbonyl (C=O) groups is 4. The summed E-state index contributed by atoms with van der Waals surface area (Å²) in [5, 5.41) is 2.75. The van der Waals surface area contributed by atoms with Crippen LogP contribution in [0.1, 0.15) is 47.4 Å². The van der Waals surface area contributed by atoms with Crippen molar-refractivity contribution in [3.63, 3.8) is 0 Å². The van der Waals surface area contributed by atoms with E-state index in [1.54, 1.807) is 30.9 Å². The maximum absolute atomic E-state index is 12.4. The van der Waals surface area contributed by atoms with Crippen molar-refractivity contribution in [2.24, 2.45) is 11.7 Å². The second-order valence-corrected chi connectivity index (χ2v) is 6.93. The number of fused-ring (bicyclic) bond motifs is 1. The van der Waals surface area contributed by atoms with E-state index in [0.717, 1.165) is 0 Å². The van der Waals surface area contributed by atoms with Gasteiger partial charge in [0.25, 0.3) is 11.8 Å². The van der Waals surface area contributed by atoms with Gasteiger partial charge in [-0.2, -0.15) is 0 Å². The van der Waals surface area contributed by atoms with E-state index in [-0.39, 0.29) is 35.7 Å². The summed E-state index contributed by atoms with van der Waals surface area (Å²) in [6.45, 7) is 4.45. The average Bonchev–Trinajstić information content (AvgIpc) is 2.85. The number of hydrogen-bond acceptors (Lipinski definition) is 4. The molecule has 1 saturated heterocycles. The molecule has 0 bridgehead atoms. The van der Waals surface area contributed by atoms with E-state index in [2.05, 4.69) is 5.32 Å². The topological polar surface area (TPSA) is 113 Å². The summed E-state index contributed by atoms with van der Waals surface area (Å²) in [5.74, 6) is -1.18. The van der Waals surface area contributed by atoms with E-state index in [4.69, 9.17) is 5.73 Å². The molecular weight excluding hydrogens is 336 g/mol. The van der Waals surface area contributed by atoms with Crippen LogP contribution >= 0.6 is 0 Å². The second-order valence-electron chi connectivity index (χ2n) is 6.93. The molecule has 1 aromatic rings. The summed E-state index contributed by atoms with van der Waals surface area (Å²) in [6.07, 6.45) is 1.09. The molecule has 1 fully saturated rings. The molecule has 0 aliphatic carbocycles. The van der Waals surface area contributed by atoms with Gasteiger partial charge in [0.05, 0.1) is 11.1 Å². The fourth-order valence-electron chi connectivity index (χ4n) is 3.38. The van der Waals surface area contributed by atoms with Gasteiger partial charge in [-0.1, -0.05) is 0 Å². The van der Waals surface area contributed by atoms with Gasteiger partial charge in [-0.25, -0.2) is 4.79 Å². The predicted octanol–water partition coefficient (Wildman–Crippen LogP) is 1.42. The Hall–Kier alpha value is -2.90. The first-order chi connectivity index (χ1) is 12.3. The number of nitrogens with two attached hydrogens (primary N) is 1. The minimum Gasteiger partial charge on any atom is -0.369 e. The second kappa shape index (κ2) is 6.78. The molecule has 0 spiro atoms. The van der Waals surface area contributed by atoms with Gasteiger partial charge in [-0.3, -0.25) is 19.3 Å². The van der Waals surface area contributed by atoms with Gasteiger partial charge >= 0.3 is 6.03 Å². The summed E-state index contributed by atoms with van der Waals surface area (Å²) in [4.78, 5) is 51.1. The van der Waals surface area contributed by atoms with Gasteiger partial charge in [0.2, 0.25) is 5.91 Å². The summed E-state index contributed by atoms with van der Waals surface area (Å²) in [7, 11) is 0. The minimum absolute atomic E-state index is 0.190. The number of benzene rings is 1. The molecular formula is C18H22N4O4. The first-order valence-corrected chi connectivity index (χ1v) is 8.66. The van der Waals surface area contributed by atoms with Crippen LogP contribution in [0.5, 0.6) is 0 Å². The highest BCUT2D eigenvalue weighted by atomic mass is 16.2. The van der Waals surface area contributed by atoms with Crippen molar-refractivity contribution in [2.45, 2.75) is 32.7 Å². The molecule has 0 radical (unpaired) electrons. The molecule has 2 aliphatic rings. The maximum Gasteiger partial charge on any atom is 0.321 e. The van der Waals surface area contributed by atoms with E-state index < -0.39 is 0 Å². The van der Waals surface area contributed by atoms with E-state index in [1.807, 2.05) is 0 Å². The minimum atomic E-state index is -0.349. The molecule has 8 heteroatoms. The van der Waals surface area contributed by atoms with Crippen LogP contribution in [0.3, 0.4) is 0 Å². The molecule has 8 nitrogen and oxygen atoms in total. The third-order valence-electron chi connectivity index (χ3n) is 4.87. The highest BCUT2D eigenvalue weighted by Gasteiger charge is 2.37. The van der Waals surface area contributed by atoms with Crippen LogP contribution in [-0.4, -0.2) is 52.7 Å². The van der Waals surface area contributed by atoms with Crippen LogP contribution in [0.25, 0.3) is 0 Å². The summed E-state index contributed by atoms with van der Waals surface area (Å²) in [6, 6.07) is 4.18. The summed E-state index contributed by atoms with van der Waals surface area (Å²) >= 11 is 0. The van der Waals surface area contributed by atoms with Crippen molar-refractivity contribution in [1.29, 1.82) is 0 Å². The van der Waals surface area contributed by atoms with Gasteiger partial charge < -0.3 is 16.0 Å². The van der Waals surface area contributed by atoms with Crippen molar-refractivity contribution in [3.05, 3.63) is 29.3 Å². The van der Waals surface area contributed by atoms with Gasteiger partial charge in [0.1, 0.15) is 0 Å². The van der Waals surface area contributed by atoms with Crippen LogP contribution < -0.4 is 11.1 Å². The van der Waals surface area contributed by atoms with E-state index >= 15 is 0 Å². The van der Waals surface area contributed by atoms with Crippen molar-refractivity contribution >= 4 is 29.4 Å². The van der Waals surface area contributed by atoms with Crippen LogP contribution in [0, 0.1) is 5.92 Å². The molecule has 2 heterocycles. The lowest BCUT2D eigenvalue weighted by atomic mass is 9.96. The summed E-state index contributed by atoms with van der Waals surface area (Å²) in [5.41, 5.74) is 6.41. The number of amides is 5. The zero-order valence-corrected chi connectivity index (χ0v) is 14.8. The number of rotatable bonds is 3. The van der Waals surface area contributed by atoms with Crippen LogP contribution in [0.2, 0.25) is 0 Å². The number of carbonyl (C=O) groups excluding carboxylic acids is 4. The van der Waals surface area contributed by atoms with Crippen molar-refractivity contribution < 1.29 is 19.2 Å². The number of nitrogens with zero attached hydrogens (tertiary/aromatic N) is 2. The standard InChI is InChI=1S/C18H22N4O4/c1-10(2)22-16(24)13-4-3-12(9-14(13)17(22)25)20-18(26)21-7-5-11(6-8-21)15(19)23/h3-4,9-11H,5-8H2,1-2H3,(H2,19,23)(H,20,26). The van der Waals surface area contributed by atoms with E-state index in [0.29, 0.717) is 42.7 Å². The largest absolute Gasteiger partial charge is 0.369 e. The molecule has 2 aliphatic heterocycles. The highest BCUT2D eigenvalue weighted by Crippen LogP contribution is 2.27. The molecule has 5 amide bonds. The Morgan fingerprint density at radius 2 is 1.73 bits per heavy atom. The fraction of sp³-hybridized carbons (Fsp3) is 0.444. The fourth-order valence-corrected chi connectivity index (χ4v) is 3.38. The number of urea groups is 1. The Morgan fingerprint density at radius 1 is 1.12 bits per heavy atom. The van der Waals surface area contributed by atoms with E-state index in [9.17, 15) is 19.2 Å². The average molecular weight is 358 g/mol. The molecule has 3 N–H and O–H groups in total. The zero-order chi connectivity index (χ0) is 19.0. The molecule has 26 heavy (non-hydrogen) atoms. The Kier molecular flexibility index (Phi) is 4.67. The number of imide groups is 1. The molecule has 0 saturated carbocycles. The Labute approximate surface area is 151 Å².